The van der Waals surface area contributed by atoms with Crippen LogP contribution in [-0.4, -0.2) is 34.6 Å². The summed E-state index contributed by atoms with van der Waals surface area (Å²) in [4.78, 5) is 14.4. The van der Waals surface area contributed by atoms with Crippen molar-refractivity contribution in [3.05, 3.63) is 0 Å². The third-order valence-corrected chi connectivity index (χ3v) is 2.86. The van der Waals surface area contributed by atoms with Crippen molar-refractivity contribution >= 4 is 11.9 Å². The number of piperidine rings is 1. The fourth-order valence-electron chi connectivity index (χ4n) is 1.98. The van der Waals surface area contributed by atoms with E-state index in [1.54, 1.807) is 0 Å². The Morgan fingerprint density at radius 3 is 2.81 bits per heavy atom. The Balaban J connectivity index is 2.27. The second kappa shape index (κ2) is 4.51. The summed E-state index contributed by atoms with van der Waals surface area (Å²) in [6.07, 6.45) is 3.58. The number of aromatic nitrogens is 3. The fourth-order valence-corrected chi connectivity index (χ4v) is 1.98. The van der Waals surface area contributed by atoms with E-state index in [4.69, 9.17) is 10.5 Å². The van der Waals surface area contributed by atoms with Crippen molar-refractivity contribution in [2.45, 2.75) is 32.2 Å². The van der Waals surface area contributed by atoms with E-state index >= 15 is 0 Å². The average Bonchev–Trinajstić information content (AvgIpc) is 2.28. The first-order valence-corrected chi connectivity index (χ1v) is 5.53. The first kappa shape index (κ1) is 10.9. The maximum Gasteiger partial charge on any atom is 0.322 e. The van der Waals surface area contributed by atoms with Gasteiger partial charge in [0.1, 0.15) is 0 Å². The van der Waals surface area contributed by atoms with E-state index in [0.29, 0.717) is 12.0 Å². The van der Waals surface area contributed by atoms with Crippen LogP contribution >= 0.6 is 0 Å². The molecule has 1 aromatic rings. The molecule has 88 valence electrons. The highest BCUT2D eigenvalue weighted by atomic mass is 16.5. The third-order valence-electron chi connectivity index (χ3n) is 2.86. The average molecular weight is 223 g/mol. The zero-order valence-electron chi connectivity index (χ0n) is 9.68. The van der Waals surface area contributed by atoms with Gasteiger partial charge in [-0.05, 0) is 26.2 Å². The number of nitrogens with zero attached hydrogens (tertiary/aromatic N) is 4. The smallest absolute Gasteiger partial charge is 0.322 e. The zero-order valence-corrected chi connectivity index (χ0v) is 9.68. The molecule has 2 N–H and O–H groups in total. The molecular weight excluding hydrogens is 206 g/mol. The predicted octanol–water partition coefficient (Wildman–Crippen LogP) is 0.841. The highest BCUT2D eigenvalue weighted by Gasteiger charge is 2.21. The molecule has 1 fully saturated rings. The maximum atomic E-state index is 5.62. The largest absolute Gasteiger partial charge is 0.467 e. The Kier molecular flexibility index (Phi) is 3.07. The van der Waals surface area contributed by atoms with Crippen molar-refractivity contribution in [3.63, 3.8) is 0 Å². The van der Waals surface area contributed by atoms with E-state index < -0.39 is 0 Å². The number of methoxy groups -OCH3 is 1. The van der Waals surface area contributed by atoms with Gasteiger partial charge in [-0.15, -0.1) is 0 Å². The van der Waals surface area contributed by atoms with Crippen LogP contribution < -0.4 is 15.4 Å². The minimum Gasteiger partial charge on any atom is -0.467 e. The molecule has 6 heteroatoms. The summed E-state index contributed by atoms with van der Waals surface area (Å²) in [5.41, 5.74) is 5.62. The highest BCUT2D eigenvalue weighted by molar-refractivity contribution is 5.37. The summed E-state index contributed by atoms with van der Waals surface area (Å²) in [6, 6.07) is 0.723. The summed E-state index contributed by atoms with van der Waals surface area (Å²) >= 11 is 0. The number of hydrogen-bond donors (Lipinski definition) is 1. The molecule has 1 aromatic heterocycles. The van der Waals surface area contributed by atoms with Gasteiger partial charge < -0.3 is 15.4 Å². The van der Waals surface area contributed by atoms with Crippen LogP contribution in [0.25, 0.3) is 0 Å². The third kappa shape index (κ3) is 2.15. The normalized spacial score (nSPS) is 20.9. The molecule has 2 rings (SSSR count). The number of anilines is 2. The summed E-state index contributed by atoms with van der Waals surface area (Å²) < 4.78 is 4.99. The van der Waals surface area contributed by atoms with Gasteiger partial charge in [0.2, 0.25) is 11.9 Å². The number of nitrogens with two attached hydrogens (primary N) is 1. The first-order chi connectivity index (χ1) is 7.70. The van der Waals surface area contributed by atoms with Gasteiger partial charge in [-0.25, -0.2) is 0 Å². The minimum absolute atomic E-state index is 0.208. The molecule has 2 heterocycles. The zero-order chi connectivity index (χ0) is 11.5. The Hall–Kier alpha value is -1.59. The maximum absolute atomic E-state index is 5.62. The van der Waals surface area contributed by atoms with Crippen LogP contribution in [0.4, 0.5) is 11.9 Å². The van der Waals surface area contributed by atoms with Gasteiger partial charge in [0, 0.05) is 12.6 Å². The summed E-state index contributed by atoms with van der Waals surface area (Å²) in [7, 11) is 1.53. The van der Waals surface area contributed by atoms with Gasteiger partial charge >= 0.3 is 6.01 Å². The van der Waals surface area contributed by atoms with Crippen LogP contribution in [0.2, 0.25) is 0 Å². The molecule has 0 aliphatic carbocycles. The van der Waals surface area contributed by atoms with Crippen molar-refractivity contribution in [1.29, 1.82) is 0 Å². The monoisotopic (exact) mass is 223 g/mol. The lowest BCUT2D eigenvalue weighted by Crippen LogP contribution is -2.38. The van der Waals surface area contributed by atoms with Crippen molar-refractivity contribution in [2.75, 3.05) is 24.3 Å². The molecule has 0 bridgehead atoms. The topological polar surface area (TPSA) is 77.2 Å². The van der Waals surface area contributed by atoms with Gasteiger partial charge in [0.05, 0.1) is 7.11 Å². The van der Waals surface area contributed by atoms with Crippen molar-refractivity contribution in [1.82, 2.24) is 15.0 Å². The minimum atomic E-state index is 0.208. The van der Waals surface area contributed by atoms with Gasteiger partial charge in [0.15, 0.2) is 0 Å². The predicted molar refractivity (Wildman–Crippen MR) is 61.5 cm³/mol. The van der Waals surface area contributed by atoms with Gasteiger partial charge in [-0.1, -0.05) is 0 Å². The van der Waals surface area contributed by atoms with Gasteiger partial charge in [-0.2, -0.15) is 15.0 Å². The van der Waals surface area contributed by atoms with E-state index in [9.17, 15) is 0 Å². The van der Waals surface area contributed by atoms with E-state index in [1.165, 1.54) is 13.5 Å². The molecule has 0 spiro atoms. The molecule has 16 heavy (non-hydrogen) atoms. The molecule has 1 atom stereocenters. The first-order valence-electron chi connectivity index (χ1n) is 5.53. The standard InChI is InChI=1S/C10H17N5O/c1-7-5-3-4-6-15(7)9-12-8(11)13-10(14-9)16-2/h7H,3-6H2,1-2H3,(H2,11,12,13,14). The molecule has 0 aromatic carbocycles. The van der Waals surface area contributed by atoms with E-state index in [-0.39, 0.29) is 12.0 Å². The Morgan fingerprint density at radius 1 is 1.31 bits per heavy atom. The number of hydrogen-bond acceptors (Lipinski definition) is 6. The molecule has 1 aliphatic heterocycles. The van der Waals surface area contributed by atoms with Crippen molar-refractivity contribution < 1.29 is 4.74 Å². The quantitative estimate of drug-likeness (QED) is 0.800. The second-order valence-corrected chi connectivity index (χ2v) is 4.02. The number of rotatable bonds is 2. The van der Waals surface area contributed by atoms with Crippen LogP contribution in [0.15, 0.2) is 0 Å². The summed E-state index contributed by atoms with van der Waals surface area (Å²) in [5, 5.41) is 0. The molecule has 0 amide bonds. The van der Waals surface area contributed by atoms with E-state index in [2.05, 4.69) is 26.8 Å². The molecule has 0 saturated carbocycles. The fraction of sp³-hybridized carbons (Fsp3) is 0.700. The lowest BCUT2D eigenvalue weighted by Gasteiger charge is -2.33. The van der Waals surface area contributed by atoms with E-state index in [0.717, 1.165) is 19.4 Å². The number of ether oxygens (including phenoxy) is 1. The highest BCUT2D eigenvalue weighted by Crippen LogP contribution is 2.22. The lowest BCUT2D eigenvalue weighted by molar-refractivity contribution is 0.377. The Labute approximate surface area is 94.9 Å². The summed E-state index contributed by atoms with van der Waals surface area (Å²) in [6.45, 7) is 3.14. The van der Waals surface area contributed by atoms with Crippen LogP contribution in [-0.2, 0) is 0 Å². The van der Waals surface area contributed by atoms with Crippen LogP contribution in [0.1, 0.15) is 26.2 Å². The molecule has 6 nitrogen and oxygen atoms in total. The van der Waals surface area contributed by atoms with Crippen LogP contribution in [0.5, 0.6) is 6.01 Å². The summed E-state index contributed by atoms with van der Waals surface area (Å²) in [5.74, 6) is 0.830. The number of nitrogen functional groups attached to an aromatic ring is 1. The van der Waals surface area contributed by atoms with Crippen molar-refractivity contribution in [2.24, 2.45) is 0 Å². The SMILES string of the molecule is COc1nc(N)nc(N2CCCCC2C)n1. The molecule has 1 aliphatic rings. The Morgan fingerprint density at radius 2 is 2.12 bits per heavy atom. The Bertz CT molecular complexity index is 370. The molecule has 1 unspecified atom stereocenters. The van der Waals surface area contributed by atoms with Gasteiger partial charge in [0.25, 0.3) is 0 Å². The van der Waals surface area contributed by atoms with Gasteiger partial charge in [-0.3, -0.25) is 0 Å². The molecular formula is C10H17N5O. The van der Waals surface area contributed by atoms with Crippen LogP contribution in [0, 0.1) is 0 Å². The molecule has 0 radical (unpaired) electrons. The van der Waals surface area contributed by atoms with E-state index in [1.807, 2.05) is 0 Å². The lowest BCUT2D eigenvalue weighted by atomic mass is 10.0. The second-order valence-electron chi connectivity index (χ2n) is 4.02. The molecule has 1 saturated heterocycles. The van der Waals surface area contributed by atoms with Crippen LogP contribution in [0.3, 0.4) is 0 Å². The van der Waals surface area contributed by atoms with Crippen molar-refractivity contribution in [3.8, 4) is 6.01 Å².